The average molecular weight is 407 g/mol. The molecule has 0 saturated carbocycles. The maximum Gasteiger partial charge on any atom is 0.291 e. The molecule has 0 radical (unpaired) electrons. The van der Waals surface area contributed by atoms with Crippen LogP contribution in [0.15, 0.2) is 47.1 Å². The Labute approximate surface area is 163 Å². The van der Waals surface area contributed by atoms with E-state index >= 15 is 0 Å². The van der Waals surface area contributed by atoms with Crippen molar-refractivity contribution in [1.29, 1.82) is 0 Å². The number of anilines is 2. The fraction of sp³-hybridized carbons (Fsp3) is 0.111. The number of hydrogen-bond donors (Lipinski definition) is 2. The van der Waals surface area contributed by atoms with Gasteiger partial charge in [0.15, 0.2) is 5.76 Å². The van der Waals surface area contributed by atoms with E-state index in [4.69, 9.17) is 25.5 Å². The summed E-state index contributed by atoms with van der Waals surface area (Å²) in [5.74, 6) is 0.278. The van der Waals surface area contributed by atoms with E-state index in [0.29, 0.717) is 32.1 Å². The van der Waals surface area contributed by atoms with E-state index in [1.807, 2.05) is 0 Å². The second-order valence-corrected chi connectivity index (χ2v) is 6.73. The molecule has 0 aliphatic rings. The van der Waals surface area contributed by atoms with E-state index in [-0.39, 0.29) is 11.7 Å². The molecule has 2 N–H and O–H groups in total. The van der Waals surface area contributed by atoms with Gasteiger partial charge < -0.3 is 24.5 Å². The molecule has 0 unspecified atom stereocenters. The average Bonchev–Trinajstić information content (AvgIpc) is 3.34. The lowest BCUT2D eigenvalue weighted by Crippen LogP contribution is -2.11. The van der Waals surface area contributed by atoms with Crippen molar-refractivity contribution in [3.05, 3.63) is 58.3 Å². The molecule has 2 amide bonds. The zero-order chi connectivity index (χ0) is 19.4. The van der Waals surface area contributed by atoms with Crippen molar-refractivity contribution in [1.82, 2.24) is 0 Å². The summed E-state index contributed by atoms with van der Waals surface area (Å²) in [4.78, 5) is 24.9. The number of nitrogens with one attached hydrogen (secondary N) is 2. The predicted octanol–water partition coefficient (Wildman–Crippen LogP) is 4.52. The van der Waals surface area contributed by atoms with Crippen LogP contribution in [0.3, 0.4) is 0 Å². The van der Waals surface area contributed by atoms with Gasteiger partial charge in [-0.3, -0.25) is 9.59 Å². The highest BCUT2D eigenvalue weighted by atomic mass is 35.5. The number of carbonyl (C=O) groups excluding carboxylic acids is 2. The van der Waals surface area contributed by atoms with Crippen molar-refractivity contribution < 1.29 is 23.5 Å². The van der Waals surface area contributed by atoms with Gasteiger partial charge in [-0.05, 0) is 30.3 Å². The first-order valence-corrected chi connectivity index (χ1v) is 8.89. The van der Waals surface area contributed by atoms with Gasteiger partial charge in [0.2, 0.25) is 0 Å². The first-order valence-electron chi connectivity index (χ1n) is 7.69. The van der Waals surface area contributed by atoms with Crippen LogP contribution in [0.1, 0.15) is 20.2 Å². The molecule has 3 aromatic rings. The van der Waals surface area contributed by atoms with Crippen LogP contribution < -0.4 is 20.1 Å². The second-order valence-electron chi connectivity index (χ2n) is 5.24. The molecule has 0 atom stereocenters. The number of furan rings is 1. The van der Waals surface area contributed by atoms with Crippen LogP contribution >= 0.6 is 22.9 Å². The number of benzene rings is 1. The smallest absolute Gasteiger partial charge is 0.291 e. The molecule has 27 heavy (non-hydrogen) atoms. The molecule has 2 heterocycles. The zero-order valence-electron chi connectivity index (χ0n) is 14.4. The molecule has 0 aliphatic carbocycles. The highest BCUT2D eigenvalue weighted by Crippen LogP contribution is 2.36. The SMILES string of the molecule is COc1cc(OC)c(NC(=O)c2ccc(NC(=O)c3ccco3)s2)cc1Cl. The summed E-state index contributed by atoms with van der Waals surface area (Å²) in [7, 11) is 2.97. The third kappa shape index (κ3) is 4.24. The van der Waals surface area contributed by atoms with Crippen LogP contribution in [0.2, 0.25) is 5.02 Å². The fourth-order valence-electron chi connectivity index (χ4n) is 2.25. The van der Waals surface area contributed by atoms with Crippen molar-refractivity contribution in [2.24, 2.45) is 0 Å². The number of ether oxygens (including phenoxy) is 2. The first-order chi connectivity index (χ1) is 13.0. The standard InChI is InChI=1S/C18H15ClN2O5S/c1-24-13-9-14(25-2)11(8-10(13)19)20-18(23)15-5-6-16(27-15)21-17(22)12-4-3-7-26-12/h3-9H,1-2H3,(H,20,23)(H,21,22). The summed E-state index contributed by atoms with van der Waals surface area (Å²) >= 11 is 7.24. The molecule has 7 nitrogen and oxygen atoms in total. The Morgan fingerprint density at radius 2 is 1.81 bits per heavy atom. The fourth-order valence-corrected chi connectivity index (χ4v) is 3.29. The number of amides is 2. The minimum absolute atomic E-state index is 0.187. The van der Waals surface area contributed by atoms with Crippen LogP contribution in [0.4, 0.5) is 10.7 Å². The molecule has 9 heteroatoms. The van der Waals surface area contributed by atoms with E-state index in [0.717, 1.165) is 11.3 Å². The Morgan fingerprint density at radius 1 is 1.04 bits per heavy atom. The summed E-state index contributed by atoms with van der Waals surface area (Å²) in [5.41, 5.74) is 0.405. The van der Waals surface area contributed by atoms with Gasteiger partial charge in [0, 0.05) is 6.07 Å². The molecule has 0 bridgehead atoms. The van der Waals surface area contributed by atoms with Gasteiger partial charge in [-0.25, -0.2) is 0 Å². The molecule has 140 valence electrons. The Morgan fingerprint density at radius 3 is 2.48 bits per heavy atom. The predicted molar refractivity (Wildman–Crippen MR) is 103 cm³/mol. The Hall–Kier alpha value is -2.97. The highest BCUT2D eigenvalue weighted by Gasteiger charge is 2.16. The van der Waals surface area contributed by atoms with E-state index in [9.17, 15) is 9.59 Å². The summed E-state index contributed by atoms with van der Waals surface area (Å²) in [6.07, 6.45) is 1.41. The number of halogens is 1. The number of methoxy groups -OCH3 is 2. The quantitative estimate of drug-likeness (QED) is 0.628. The lowest BCUT2D eigenvalue weighted by atomic mass is 10.2. The Kier molecular flexibility index (Phi) is 5.68. The third-order valence-electron chi connectivity index (χ3n) is 3.53. The molecule has 1 aromatic carbocycles. The largest absolute Gasteiger partial charge is 0.495 e. The van der Waals surface area contributed by atoms with Crippen LogP contribution in [0, 0.1) is 0 Å². The topological polar surface area (TPSA) is 89.8 Å². The second kappa shape index (κ2) is 8.15. The molecular weight excluding hydrogens is 392 g/mol. The molecular formula is C18H15ClN2O5S. The summed E-state index contributed by atoms with van der Waals surface area (Å²) < 4.78 is 15.4. The van der Waals surface area contributed by atoms with Crippen molar-refractivity contribution in [2.45, 2.75) is 0 Å². The third-order valence-corrected chi connectivity index (χ3v) is 4.83. The molecule has 0 saturated heterocycles. The van der Waals surface area contributed by atoms with Crippen LogP contribution in [-0.2, 0) is 0 Å². The monoisotopic (exact) mass is 406 g/mol. The van der Waals surface area contributed by atoms with Gasteiger partial charge in [0.1, 0.15) is 11.5 Å². The minimum atomic E-state index is -0.391. The summed E-state index contributed by atoms with van der Waals surface area (Å²) in [6, 6.07) is 9.55. The van der Waals surface area contributed by atoms with E-state index in [2.05, 4.69) is 10.6 Å². The lowest BCUT2D eigenvalue weighted by Gasteiger charge is -2.12. The van der Waals surface area contributed by atoms with Crippen molar-refractivity contribution in [3.8, 4) is 11.5 Å². The summed E-state index contributed by atoms with van der Waals surface area (Å²) in [5, 5.41) is 6.27. The van der Waals surface area contributed by atoms with Crippen LogP contribution in [0.5, 0.6) is 11.5 Å². The number of carbonyl (C=O) groups is 2. The molecule has 0 fully saturated rings. The Bertz CT molecular complexity index is 968. The van der Waals surface area contributed by atoms with E-state index in [1.54, 1.807) is 36.4 Å². The minimum Gasteiger partial charge on any atom is -0.495 e. The van der Waals surface area contributed by atoms with Crippen molar-refractivity contribution in [3.63, 3.8) is 0 Å². The van der Waals surface area contributed by atoms with E-state index in [1.165, 1.54) is 20.5 Å². The molecule has 0 aliphatic heterocycles. The zero-order valence-corrected chi connectivity index (χ0v) is 15.9. The van der Waals surface area contributed by atoms with Gasteiger partial charge in [-0.2, -0.15) is 0 Å². The number of rotatable bonds is 6. The summed E-state index contributed by atoms with van der Waals surface area (Å²) in [6.45, 7) is 0. The molecule has 2 aromatic heterocycles. The van der Waals surface area contributed by atoms with Crippen LogP contribution in [0.25, 0.3) is 0 Å². The van der Waals surface area contributed by atoms with Crippen molar-refractivity contribution in [2.75, 3.05) is 24.9 Å². The van der Waals surface area contributed by atoms with E-state index < -0.39 is 5.91 Å². The lowest BCUT2D eigenvalue weighted by molar-refractivity contribution is 0.0995. The number of thiophene rings is 1. The normalized spacial score (nSPS) is 10.3. The molecule has 3 rings (SSSR count). The maximum atomic E-state index is 12.5. The van der Waals surface area contributed by atoms with Crippen molar-refractivity contribution >= 4 is 45.4 Å². The number of hydrogen-bond acceptors (Lipinski definition) is 6. The first kappa shape index (κ1) is 18.8. The van der Waals surface area contributed by atoms with Gasteiger partial charge in [0.25, 0.3) is 11.8 Å². The molecule has 0 spiro atoms. The van der Waals surface area contributed by atoms with Gasteiger partial charge in [0.05, 0.1) is 41.1 Å². The highest BCUT2D eigenvalue weighted by molar-refractivity contribution is 7.18. The maximum absolute atomic E-state index is 12.5. The van der Waals surface area contributed by atoms with Crippen LogP contribution in [-0.4, -0.2) is 26.0 Å². The van der Waals surface area contributed by atoms with Gasteiger partial charge >= 0.3 is 0 Å². The van der Waals surface area contributed by atoms with Gasteiger partial charge in [-0.1, -0.05) is 11.6 Å². The van der Waals surface area contributed by atoms with Gasteiger partial charge in [-0.15, -0.1) is 11.3 Å². The Balaban J connectivity index is 1.73.